The third-order valence-corrected chi connectivity index (χ3v) is 4.68. The van der Waals surface area contributed by atoms with Gasteiger partial charge in [-0.1, -0.05) is 11.6 Å². The molecule has 0 aliphatic heterocycles. The summed E-state index contributed by atoms with van der Waals surface area (Å²) in [6.45, 7) is 0. The maximum absolute atomic E-state index is 14.8. The number of aromatic nitrogens is 4. The predicted octanol–water partition coefficient (Wildman–Crippen LogP) is 2.36. The molecule has 0 fully saturated rings. The van der Waals surface area contributed by atoms with E-state index in [0.29, 0.717) is 24.7 Å². The van der Waals surface area contributed by atoms with Gasteiger partial charge in [0.25, 0.3) is 5.56 Å². The van der Waals surface area contributed by atoms with Gasteiger partial charge in [0.15, 0.2) is 23.4 Å². The fraction of sp³-hybridized carbons (Fsp3) is 0.250. The Morgan fingerprint density at radius 2 is 2.08 bits per heavy atom. The standard InChI is InChI=1S/C16H12ClFN4O2/c17-11-5-6-19-15(10(11)7-23)22-16(24)14-13(18)9-3-1-2-4-12(9)21(14)8-20-22/h5-8H,1-4H2. The molecule has 0 atom stereocenters. The van der Waals surface area contributed by atoms with Gasteiger partial charge in [-0.25, -0.2) is 9.37 Å². The number of pyridine rings is 1. The molecular formula is C16H12ClFN4O2. The average Bonchev–Trinajstić information content (AvgIpc) is 2.89. The first-order valence-corrected chi connectivity index (χ1v) is 7.91. The molecule has 0 amide bonds. The van der Waals surface area contributed by atoms with Crippen molar-refractivity contribution in [1.82, 2.24) is 19.2 Å². The van der Waals surface area contributed by atoms with E-state index in [4.69, 9.17) is 11.6 Å². The minimum atomic E-state index is -0.665. The lowest BCUT2D eigenvalue weighted by Gasteiger charge is -2.11. The van der Waals surface area contributed by atoms with Gasteiger partial charge >= 0.3 is 0 Å². The van der Waals surface area contributed by atoms with Crippen molar-refractivity contribution in [1.29, 1.82) is 0 Å². The Morgan fingerprint density at radius 1 is 1.29 bits per heavy atom. The maximum atomic E-state index is 14.8. The highest BCUT2D eigenvalue weighted by molar-refractivity contribution is 6.33. The van der Waals surface area contributed by atoms with Crippen LogP contribution in [0.4, 0.5) is 4.39 Å². The van der Waals surface area contributed by atoms with Gasteiger partial charge in [0.05, 0.1) is 10.6 Å². The smallest absolute Gasteiger partial charge is 0.298 e. The van der Waals surface area contributed by atoms with E-state index < -0.39 is 11.4 Å². The number of aryl methyl sites for hydroxylation is 1. The second kappa shape index (κ2) is 5.52. The number of carbonyl (C=O) groups is 1. The van der Waals surface area contributed by atoms with Crippen LogP contribution < -0.4 is 5.56 Å². The fourth-order valence-electron chi connectivity index (χ4n) is 3.22. The quantitative estimate of drug-likeness (QED) is 0.668. The van der Waals surface area contributed by atoms with Crippen LogP contribution in [0.3, 0.4) is 0 Å². The molecule has 0 bridgehead atoms. The highest BCUT2D eigenvalue weighted by Crippen LogP contribution is 2.27. The molecule has 0 radical (unpaired) electrons. The van der Waals surface area contributed by atoms with Crippen LogP contribution in [0.2, 0.25) is 5.02 Å². The molecule has 0 N–H and O–H groups in total. The van der Waals surface area contributed by atoms with Crippen LogP contribution in [0.5, 0.6) is 0 Å². The number of hydrogen-bond donors (Lipinski definition) is 0. The van der Waals surface area contributed by atoms with Crippen molar-refractivity contribution in [3.8, 4) is 5.82 Å². The van der Waals surface area contributed by atoms with Crippen LogP contribution in [0, 0.1) is 5.82 Å². The van der Waals surface area contributed by atoms with Gasteiger partial charge in [-0.2, -0.15) is 9.78 Å². The molecule has 3 aromatic rings. The molecule has 24 heavy (non-hydrogen) atoms. The van der Waals surface area contributed by atoms with Gasteiger partial charge in [0, 0.05) is 17.5 Å². The number of halogens is 2. The Hall–Kier alpha value is -2.54. The molecule has 122 valence electrons. The van der Waals surface area contributed by atoms with Crippen molar-refractivity contribution in [2.75, 3.05) is 0 Å². The summed E-state index contributed by atoms with van der Waals surface area (Å²) in [4.78, 5) is 28.1. The van der Waals surface area contributed by atoms with E-state index in [1.807, 2.05) is 0 Å². The van der Waals surface area contributed by atoms with E-state index >= 15 is 0 Å². The van der Waals surface area contributed by atoms with E-state index in [1.165, 1.54) is 23.0 Å². The topological polar surface area (TPSA) is 69.3 Å². The molecule has 0 saturated carbocycles. The summed E-state index contributed by atoms with van der Waals surface area (Å²) in [7, 11) is 0. The molecule has 1 aliphatic carbocycles. The monoisotopic (exact) mass is 346 g/mol. The zero-order valence-electron chi connectivity index (χ0n) is 12.5. The first-order valence-electron chi connectivity index (χ1n) is 7.53. The Bertz CT molecular complexity index is 1040. The fourth-order valence-corrected chi connectivity index (χ4v) is 3.41. The number of nitrogens with zero attached hydrogens (tertiary/aromatic N) is 4. The minimum Gasteiger partial charge on any atom is -0.298 e. The number of rotatable bonds is 2. The molecule has 0 saturated heterocycles. The Labute approximate surface area is 140 Å². The van der Waals surface area contributed by atoms with E-state index in [9.17, 15) is 14.0 Å². The second-order valence-electron chi connectivity index (χ2n) is 5.66. The zero-order valence-corrected chi connectivity index (χ0v) is 13.3. The van der Waals surface area contributed by atoms with E-state index in [2.05, 4.69) is 10.1 Å². The highest BCUT2D eigenvalue weighted by Gasteiger charge is 2.25. The number of aldehydes is 1. The molecular weight excluding hydrogens is 335 g/mol. The third kappa shape index (κ3) is 2.01. The van der Waals surface area contributed by atoms with Gasteiger partial charge in [0.2, 0.25) is 0 Å². The van der Waals surface area contributed by atoms with Crippen molar-refractivity contribution in [3.63, 3.8) is 0 Å². The van der Waals surface area contributed by atoms with Gasteiger partial charge in [-0.3, -0.25) is 14.0 Å². The molecule has 8 heteroatoms. The van der Waals surface area contributed by atoms with Crippen molar-refractivity contribution < 1.29 is 9.18 Å². The summed E-state index contributed by atoms with van der Waals surface area (Å²) >= 11 is 5.97. The summed E-state index contributed by atoms with van der Waals surface area (Å²) in [5.74, 6) is -0.524. The van der Waals surface area contributed by atoms with Crippen molar-refractivity contribution in [2.24, 2.45) is 0 Å². The molecule has 0 aromatic carbocycles. The van der Waals surface area contributed by atoms with Crippen molar-refractivity contribution in [2.45, 2.75) is 25.7 Å². The first kappa shape index (κ1) is 15.0. The van der Waals surface area contributed by atoms with Crippen molar-refractivity contribution in [3.05, 3.63) is 56.6 Å². The zero-order chi connectivity index (χ0) is 16.8. The SMILES string of the molecule is O=Cc1c(Cl)ccnc1-n1ncn2c3c(c(F)c2c1=O)CCCC3. The maximum Gasteiger partial charge on any atom is 0.300 e. The number of hydrogen-bond acceptors (Lipinski definition) is 4. The highest BCUT2D eigenvalue weighted by atomic mass is 35.5. The lowest BCUT2D eigenvalue weighted by molar-refractivity contribution is 0.112. The second-order valence-corrected chi connectivity index (χ2v) is 6.07. The predicted molar refractivity (Wildman–Crippen MR) is 85.6 cm³/mol. The van der Waals surface area contributed by atoms with Crippen LogP contribution in [0.1, 0.15) is 34.5 Å². The van der Waals surface area contributed by atoms with Crippen LogP contribution in [-0.2, 0) is 12.8 Å². The van der Waals surface area contributed by atoms with Crippen LogP contribution >= 0.6 is 11.6 Å². The lowest BCUT2D eigenvalue weighted by Crippen LogP contribution is -2.25. The lowest BCUT2D eigenvalue weighted by atomic mass is 9.98. The molecule has 6 nitrogen and oxygen atoms in total. The van der Waals surface area contributed by atoms with E-state index in [-0.39, 0.29) is 21.9 Å². The molecule has 0 unspecified atom stereocenters. The summed E-state index contributed by atoms with van der Waals surface area (Å²) in [6.07, 6.45) is 6.42. The first-order chi connectivity index (χ1) is 11.6. The summed E-state index contributed by atoms with van der Waals surface area (Å²) in [5.41, 5.74) is 0.667. The van der Waals surface area contributed by atoms with Crippen molar-refractivity contribution >= 4 is 23.4 Å². The van der Waals surface area contributed by atoms with E-state index in [0.717, 1.165) is 23.2 Å². The molecule has 3 aromatic heterocycles. The van der Waals surface area contributed by atoms with Gasteiger partial charge in [-0.15, -0.1) is 0 Å². The Kier molecular flexibility index (Phi) is 3.45. The van der Waals surface area contributed by atoms with E-state index in [1.54, 1.807) is 0 Å². The minimum absolute atomic E-state index is 0.0106. The summed E-state index contributed by atoms with van der Waals surface area (Å²) < 4.78 is 17.2. The average molecular weight is 347 g/mol. The van der Waals surface area contributed by atoms with Crippen LogP contribution in [0.25, 0.3) is 11.3 Å². The summed E-state index contributed by atoms with van der Waals surface area (Å²) in [5, 5.41) is 4.22. The Balaban J connectivity index is 2.05. The van der Waals surface area contributed by atoms with Gasteiger partial charge < -0.3 is 0 Å². The van der Waals surface area contributed by atoms with Crippen LogP contribution in [-0.4, -0.2) is 25.5 Å². The van der Waals surface area contributed by atoms with Crippen LogP contribution in [0.15, 0.2) is 23.4 Å². The molecule has 3 heterocycles. The Morgan fingerprint density at radius 3 is 2.88 bits per heavy atom. The number of carbonyl (C=O) groups excluding carboxylic acids is 1. The largest absolute Gasteiger partial charge is 0.300 e. The van der Waals surface area contributed by atoms with Gasteiger partial charge in [0.1, 0.15) is 6.33 Å². The third-order valence-electron chi connectivity index (χ3n) is 4.36. The molecule has 0 spiro atoms. The summed E-state index contributed by atoms with van der Waals surface area (Å²) in [6, 6.07) is 1.44. The number of fused-ring (bicyclic) bond motifs is 3. The molecule has 1 aliphatic rings. The normalized spacial score (nSPS) is 13.9. The van der Waals surface area contributed by atoms with Gasteiger partial charge in [-0.05, 0) is 31.7 Å². The molecule has 4 rings (SSSR count).